The third kappa shape index (κ3) is 3.47. The Balaban J connectivity index is 1.53. The SMILES string of the molecule is CN(Cc1cn[nH]c1)C(=O)CSc1ccc2c(c1)CCC2. The van der Waals surface area contributed by atoms with Crippen molar-refractivity contribution in [1.29, 1.82) is 0 Å². The molecule has 0 saturated heterocycles. The number of aryl methyl sites for hydroxylation is 2. The van der Waals surface area contributed by atoms with Crippen LogP contribution in [-0.2, 0) is 24.2 Å². The molecule has 5 heteroatoms. The number of aromatic nitrogens is 2. The molecule has 0 unspecified atom stereocenters. The highest BCUT2D eigenvalue weighted by atomic mass is 32.2. The highest BCUT2D eigenvalue weighted by molar-refractivity contribution is 8.00. The number of hydrogen-bond donors (Lipinski definition) is 1. The zero-order valence-electron chi connectivity index (χ0n) is 12.1. The average Bonchev–Trinajstić information content (AvgIpc) is 3.14. The zero-order chi connectivity index (χ0) is 14.7. The van der Waals surface area contributed by atoms with E-state index >= 15 is 0 Å². The van der Waals surface area contributed by atoms with E-state index in [-0.39, 0.29) is 5.91 Å². The van der Waals surface area contributed by atoms with Gasteiger partial charge in [-0.15, -0.1) is 11.8 Å². The Morgan fingerprint density at radius 3 is 3.05 bits per heavy atom. The van der Waals surface area contributed by atoms with Crippen molar-refractivity contribution in [3.63, 3.8) is 0 Å². The summed E-state index contributed by atoms with van der Waals surface area (Å²) in [7, 11) is 1.83. The first-order chi connectivity index (χ1) is 10.2. The van der Waals surface area contributed by atoms with Crippen LogP contribution in [-0.4, -0.2) is 33.8 Å². The van der Waals surface area contributed by atoms with E-state index < -0.39 is 0 Å². The minimum absolute atomic E-state index is 0.140. The van der Waals surface area contributed by atoms with Crippen LogP contribution < -0.4 is 0 Å². The zero-order valence-corrected chi connectivity index (χ0v) is 12.9. The van der Waals surface area contributed by atoms with Crippen LogP contribution in [0.3, 0.4) is 0 Å². The number of fused-ring (bicyclic) bond motifs is 1. The Morgan fingerprint density at radius 1 is 1.38 bits per heavy atom. The van der Waals surface area contributed by atoms with Crippen LogP contribution in [0.25, 0.3) is 0 Å². The number of carbonyl (C=O) groups excluding carboxylic acids is 1. The Kier molecular flexibility index (Phi) is 4.29. The third-order valence-electron chi connectivity index (χ3n) is 3.83. The van der Waals surface area contributed by atoms with Gasteiger partial charge in [0.05, 0.1) is 11.9 Å². The van der Waals surface area contributed by atoms with E-state index in [9.17, 15) is 4.79 Å². The van der Waals surface area contributed by atoms with Crippen LogP contribution in [0, 0.1) is 0 Å². The average molecular weight is 301 g/mol. The summed E-state index contributed by atoms with van der Waals surface area (Å²) in [5.41, 5.74) is 3.95. The van der Waals surface area contributed by atoms with E-state index in [1.165, 1.54) is 35.3 Å². The van der Waals surface area contributed by atoms with Gasteiger partial charge < -0.3 is 4.90 Å². The Bertz CT molecular complexity index is 624. The van der Waals surface area contributed by atoms with Crippen molar-refractivity contribution in [2.24, 2.45) is 0 Å². The molecule has 1 aliphatic carbocycles. The maximum absolute atomic E-state index is 12.2. The van der Waals surface area contributed by atoms with Crippen LogP contribution >= 0.6 is 11.8 Å². The molecule has 0 fully saturated rings. The van der Waals surface area contributed by atoms with E-state index in [2.05, 4.69) is 28.4 Å². The molecule has 1 aromatic heterocycles. The molecule has 4 nitrogen and oxygen atoms in total. The van der Waals surface area contributed by atoms with Crippen LogP contribution in [0.15, 0.2) is 35.5 Å². The molecule has 0 radical (unpaired) electrons. The molecule has 0 spiro atoms. The van der Waals surface area contributed by atoms with Crippen LogP contribution in [0.2, 0.25) is 0 Å². The van der Waals surface area contributed by atoms with Crippen LogP contribution in [0.1, 0.15) is 23.1 Å². The summed E-state index contributed by atoms with van der Waals surface area (Å²) < 4.78 is 0. The minimum atomic E-state index is 0.140. The molecule has 3 rings (SSSR count). The third-order valence-corrected chi connectivity index (χ3v) is 4.81. The van der Waals surface area contributed by atoms with Gasteiger partial charge in [0.2, 0.25) is 5.91 Å². The van der Waals surface area contributed by atoms with Gasteiger partial charge >= 0.3 is 0 Å². The maximum Gasteiger partial charge on any atom is 0.232 e. The quantitative estimate of drug-likeness (QED) is 0.864. The fourth-order valence-corrected chi connectivity index (χ4v) is 3.52. The summed E-state index contributed by atoms with van der Waals surface area (Å²) in [5, 5.41) is 6.66. The molecule has 0 atom stereocenters. The number of nitrogens with zero attached hydrogens (tertiary/aromatic N) is 2. The first-order valence-corrected chi connectivity index (χ1v) is 8.17. The highest BCUT2D eigenvalue weighted by Gasteiger charge is 2.13. The molecule has 1 heterocycles. The van der Waals surface area contributed by atoms with Gasteiger partial charge in [-0.2, -0.15) is 5.10 Å². The van der Waals surface area contributed by atoms with E-state index in [1.807, 2.05) is 13.2 Å². The number of rotatable bonds is 5. The lowest BCUT2D eigenvalue weighted by atomic mass is 10.1. The normalized spacial score (nSPS) is 13.2. The smallest absolute Gasteiger partial charge is 0.232 e. The second-order valence-electron chi connectivity index (χ2n) is 5.43. The summed E-state index contributed by atoms with van der Waals surface area (Å²) >= 11 is 1.62. The number of benzene rings is 1. The van der Waals surface area contributed by atoms with Crippen molar-refractivity contribution in [1.82, 2.24) is 15.1 Å². The number of aromatic amines is 1. The van der Waals surface area contributed by atoms with Gasteiger partial charge in [0.25, 0.3) is 0 Å². The Morgan fingerprint density at radius 2 is 2.24 bits per heavy atom. The number of amides is 1. The Hall–Kier alpha value is -1.75. The molecule has 110 valence electrons. The standard InChI is InChI=1S/C16H19N3OS/c1-19(10-12-8-17-18-9-12)16(20)11-21-15-6-5-13-3-2-4-14(13)7-15/h5-9H,2-4,10-11H2,1H3,(H,17,18). The van der Waals surface area contributed by atoms with E-state index in [0.717, 1.165) is 5.56 Å². The monoisotopic (exact) mass is 301 g/mol. The molecule has 0 bridgehead atoms. The molecule has 1 N–H and O–H groups in total. The Labute approximate surface area is 128 Å². The van der Waals surface area contributed by atoms with Crippen molar-refractivity contribution in [3.05, 3.63) is 47.3 Å². The molecule has 21 heavy (non-hydrogen) atoms. The van der Waals surface area contributed by atoms with Gasteiger partial charge in [-0.05, 0) is 42.5 Å². The van der Waals surface area contributed by atoms with Crippen molar-refractivity contribution in [3.8, 4) is 0 Å². The van der Waals surface area contributed by atoms with E-state index in [0.29, 0.717) is 12.3 Å². The maximum atomic E-state index is 12.2. The van der Waals surface area contributed by atoms with Crippen LogP contribution in [0.4, 0.5) is 0 Å². The molecule has 0 saturated carbocycles. The van der Waals surface area contributed by atoms with E-state index in [1.54, 1.807) is 22.9 Å². The molecule has 1 aromatic carbocycles. The summed E-state index contributed by atoms with van der Waals surface area (Å²) in [6.07, 6.45) is 7.20. The van der Waals surface area contributed by atoms with Crippen molar-refractivity contribution in [2.75, 3.05) is 12.8 Å². The molecule has 0 aliphatic heterocycles. The second-order valence-corrected chi connectivity index (χ2v) is 6.48. The van der Waals surface area contributed by atoms with Gasteiger partial charge in [-0.25, -0.2) is 0 Å². The fourth-order valence-electron chi connectivity index (χ4n) is 2.62. The first kappa shape index (κ1) is 14.2. The largest absolute Gasteiger partial charge is 0.341 e. The first-order valence-electron chi connectivity index (χ1n) is 7.18. The molecule has 1 amide bonds. The molecule has 2 aromatic rings. The number of carbonyl (C=O) groups is 1. The fraction of sp³-hybridized carbons (Fsp3) is 0.375. The lowest BCUT2D eigenvalue weighted by Crippen LogP contribution is -2.27. The number of nitrogens with one attached hydrogen (secondary N) is 1. The predicted octanol–water partition coefficient (Wildman–Crippen LogP) is 2.65. The highest BCUT2D eigenvalue weighted by Crippen LogP contribution is 2.27. The number of hydrogen-bond acceptors (Lipinski definition) is 3. The van der Waals surface area contributed by atoms with Gasteiger partial charge in [0.15, 0.2) is 0 Å². The topological polar surface area (TPSA) is 49.0 Å². The molecular weight excluding hydrogens is 282 g/mol. The minimum Gasteiger partial charge on any atom is -0.341 e. The summed E-state index contributed by atoms with van der Waals surface area (Å²) in [6.45, 7) is 0.597. The lowest BCUT2D eigenvalue weighted by molar-refractivity contribution is -0.127. The summed E-state index contributed by atoms with van der Waals surface area (Å²) in [6, 6.07) is 6.60. The molecular formula is C16H19N3OS. The number of H-pyrrole nitrogens is 1. The molecule has 1 aliphatic rings. The van der Waals surface area contributed by atoms with Crippen molar-refractivity contribution < 1.29 is 4.79 Å². The summed E-state index contributed by atoms with van der Waals surface area (Å²) in [4.78, 5) is 15.1. The van der Waals surface area contributed by atoms with Gasteiger partial charge in [-0.1, -0.05) is 6.07 Å². The second kappa shape index (κ2) is 6.35. The van der Waals surface area contributed by atoms with Gasteiger partial charge in [0, 0.05) is 30.2 Å². The van der Waals surface area contributed by atoms with E-state index in [4.69, 9.17) is 0 Å². The number of thioether (sulfide) groups is 1. The lowest BCUT2D eigenvalue weighted by Gasteiger charge is -2.16. The van der Waals surface area contributed by atoms with Crippen molar-refractivity contribution >= 4 is 17.7 Å². The predicted molar refractivity (Wildman–Crippen MR) is 84.3 cm³/mol. The summed E-state index contributed by atoms with van der Waals surface area (Å²) in [5.74, 6) is 0.620. The van der Waals surface area contributed by atoms with Gasteiger partial charge in [-0.3, -0.25) is 9.89 Å². The van der Waals surface area contributed by atoms with Crippen molar-refractivity contribution in [2.45, 2.75) is 30.7 Å². The van der Waals surface area contributed by atoms with Crippen LogP contribution in [0.5, 0.6) is 0 Å². The van der Waals surface area contributed by atoms with Gasteiger partial charge in [0.1, 0.15) is 0 Å².